The molecule has 4 heteroatoms. The van der Waals surface area contributed by atoms with Gasteiger partial charge in [-0.05, 0) is 32.1 Å². The van der Waals surface area contributed by atoms with Gasteiger partial charge in [-0.2, -0.15) is 5.10 Å². The molecule has 2 unspecified atom stereocenters. The quantitative estimate of drug-likeness (QED) is 0.818. The highest BCUT2D eigenvalue weighted by Crippen LogP contribution is 2.30. The molecule has 2 N–H and O–H groups in total. The molecule has 4 nitrogen and oxygen atoms in total. The Morgan fingerprint density at radius 2 is 2.29 bits per heavy atom. The Labute approximate surface area is 104 Å². The fraction of sp³-hybridized carbons (Fsp3) is 0.846. The van der Waals surface area contributed by atoms with Crippen LogP contribution in [0.2, 0.25) is 0 Å². The minimum atomic E-state index is -0.0648. The number of hydrogen-bond acceptors (Lipinski definition) is 3. The summed E-state index contributed by atoms with van der Waals surface area (Å²) in [6, 6.07) is 0. The molecule has 17 heavy (non-hydrogen) atoms. The fourth-order valence-electron chi connectivity index (χ4n) is 2.79. The predicted molar refractivity (Wildman–Crippen MR) is 68.6 cm³/mol. The first-order valence-corrected chi connectivity index (χ1v) is 6.78. The molecule has 0 saturated heterocycles. The Morgan fingerprint density at radius 1 is 1.47 bits per heavy atom. The van der Waals surface area contributed by atoms with Gasteiger partial charge in [0, 0.05) is 18.5 Å². The van der Waals surface area contributed by atoms with Gasteiger partial charge in [0.1, 0.15) is 12.2 Å². The van der Waals surface area contributed by atoms with Crippen LogP contribution in [0.15, 0.2) is 6.33 Å². The maximum Gasteiger partial charge on any atom is 0.138 e. The van der Waals surface area contributed by atoms with E-state index in [0.717, 1.165) is 37.5 Å². The highest BCUT2D eigenvalue weighted by molar-refractivity contribution is 4.98. The van der Waals surface area contributed by atoms with Crippen LogP contribution in [-0.2, 0) is 13.0 Å². The van der Waals surface area contributed by atoms with Gasteiger partial charge in [-0.1, -0.05) is 19.8 Å². The summed E-state index contributed by atoms with van der Waals surface area (Å²) >= 11 is 0. The Kier molecular flexibility index (Phi) is 3.82. The first-order valence-electron chi connectivity index (χ1n) is 6.78. The maximum atomic E-state index is 6.55. The van der Waals surface area contributed by atoms with E-state index in [1.165, 1.54) is 19.3 Å². The van der Waals surface area contributed by atoms with Gasteiger partial charge >= 0.3 is 0 Å². The molecule has 1 fully saturated rings. The van der Waals surface area contributed by atoms with E-state index in [4.69, 9.17) is 5.73 Å². The van der Waals surface area contributed by atoms with Crippen molar-refractivity contribution < 1.29 is 0 Å². The molecule has 2 rings (SSSR count). The smallest absolute Gasteiger partial charge is 0.138 e. The molecule has 0 aliphatic heterocycles. The summed E-state index contributed by atoms with van der Waals surface area (Å²) in [5, 5.41) is 4.22. The molecule has 1 aromatic heterocycles. The lowest BCUT2D eigenvalue weighted by Crippen LogP contribution is -2.42. The number of aryl methyl sites for hydroxylation is 1. The van der Waals surface area contributed by atoms with E-state index in [2.05, 4.69) is 23.9 Å². The van der Waals surface area contributed by atoms with Crippen LogP contribution in [0.4, 0.5) is 0 Å². The van der Waals surface area contributed by atoms with E-state index in [-0.39, 0.29) is 5.54 Å². The van der Waals surface area contributed by atoms with Crippen molar-refractivity contribution >= 4 is 0 Å². The molecule has 0 amide bonds. The van der Waals surface area contributed by atoms with Crippen molar-refractivity contribution in [2.24, 2.45) is 11.7 Å². The van der Waals surface area contributed by atoms with Gasteiger partial charge in [0.25, 0.3) is 0 Å². The van der Waals surface area contributed by atoms with Crippen LogP contribution in [0.3, 0.4) is 0 Å². The normalized spacial score (nSPS) is 30.2. The average molecular weight is 236 g/mol. The van der Waals surface area contributed by atoms with Crippen molar-refractivity contribution in [2.75, 3.05) is 0 Å². The third kappa shape index (κ3) is 3.06. The number of aromatic nitrogens is 3. The summed E-state index contributed by atoms with van der Waals surface area (Å²) in [5.41, 5.74) is 6.49. The van der Waals surface area contributed by atoms with Crippen LogP contribution in [0.1, 0.15) is 51.8 Å². The summed E-state index contributed by atoms with van der Waals surface area (Å²) < 4.78 is 1.96. The van der Waals surface area contributed by atoms with E-state index < -0.39 is 0 Å². The second kappa shape index (κ2) is 5.17. The molecule has 96 valence electrons. The van der Waals surface area contributed by atoms with E-state index in [1.54, 1.807) is 6.33 Å². The van der Waals surface area contributed by atoms with Crippen molar-refractivity contribution in [3.05, 3.63) is 12.2 Å². The first-order chi connectivity index (χ1) is 8.13. The zero-order valence-corrected chi connectivity index (χ0v) is 11.0. The lowest BCUT2D eigenvalue weighted by Gasteiger charge is -2.27. The monoisotopic (exact) mass is 236 g/mol. The van der Waals surface area contributed by atoms with Gasteiger partial charge in [0.15, 0.2) is 0 Å². The van der Waals surface area contributed by atoms with Gasteiger partial charge < -0.3 is 5.73 Å². The van der Waals surface area contributed by atoms with Crippen LogP contribution in [-0.4, -0.2) is 20.3 Å². The Hall–Kier alpha value is -0.900. The number of nitrogens with two attached hydrogens (primary N) is 1. The SMILES string of the molecule is CCn1ncnc1CC1(N)CCCC(C)CC1. The van der Waals surface area contributed by atoms with Gasteiger partial charge in [0.2, 0.25) is 0 Å². The van der Waals surface area contributed by atoms with Crippen molar-refractivity contribution in [3.63, 3.8) is 0 Å². The summed E-state index contributed by atoms with van der Waals surface area (Å²) in [6.07, 6.45) is 8.56. The first kappa shape index (κ1) is 12.6. The largest absolute Gasteiger partial charge is 0.325 e. The van der Waals surface area contributed by atoms with Gasteiger partial charge in [-0.15, -0.1) is 0 Å². The topological polar surface area (TPSA) is 56.7 Å². The molecular weight excluding hydrogens is 212 g/mol. The van der Waals surface area contributed by atoms with Gasteiger partial charge in [0.05, 0.1) is 0 Å². The molecule has 0 spiro atoms. The third-order valence-corrected chi connectivity index (χ3v) is 4.01. The third-order valence-electron chi connectivity index (χ3n) is 4.01. The predicted octanol–water partition coefficient (Wildman–Crippen LogP) is 2.14. The van der Waals surface area contributed by atoms with E-state index in [9.17, 15) is 0 Å². The van der Waals surface area contributed by atoms with Crippen molar-refractivity contribution in [3.8, 4) is 0 Å². The minimum absolute atomic E-state index is 0.0648. The molecule has 0 aromatic carbocycles. The van der Waals surface area contributed by atoms with Crippen LogP contribution in [0, 0.1) is 5.92 Å². The van der Waals surface area contributed by atoms with E-state index >= 15 is 0 Å². The van der Waals surface area contributed by atoms with Crippen LogP contribution in [0.5, 0.6) is 0 Å². The molecule has 0 bridgehead atoms. The maximum absolute atomic E-state index is 6.55. The highest BCUT2D eigenvalue weighted by atomic mass is 15.3. The molecule has 0 radical (unpaired) electrons. The second-order valence-corrected chi connectivity index (χ2v) is 5.57. The lowest BCUT2D eigenvalue weighted by atomic mass is 9.87. The van der Waals surface area contributed by atoms with E-state index in [0.29, 0.717) is 0 Å². The Bertz CT molecular complexity index is 360. The van der Waals surface area contributed by atoms with E-state index in [1.807, 2.05) is 4.68 Å². The average Bonchev–Trinajstić information content (AvgIpc) is 2.66. The Morgan fingerprint density at radius 3 is 3.06 bits per heavy atom. The zero-order chi connectivity index (χ0) is 12.3. The summed E-state index contributed by atoms with van der Waals surface area (Å²) in [6.45, 7) is 5.30. The number of nitrogens with zero attached hydrogens (tertiary/aromatic N) is 3. The van der Waals surface area contributed by atoms with Crippen molar-refractivity contribution in [1.82, 2.24) is 14.8 Å². The summed E-state index contributed by atoms with van der Waals surface area (Å²) in [7, 11) is 0. The summed E-state index contributed by atoms with van der Waals surface area (Å²) in [5.74, 6) is 1.87. The molecule has 1 aromatic rings. The Balaban J connectivity index is 2.06. The van der Waals surface area contributed by atoms with Gasteiger partial charge in [-0.3, -0.25) is 4.68 Å². The lowest BCUT2D eigenvalue weighted by molar-refractivity contribution is 0.349. The van der Waals surface area contributed by atoms with Crippen LogP contribution >= 0.6 is 0 Å². The molecular formula is C13H24N4. The second-order valence-electron chi connectivity index (χ2n) is 5.57. The fourth-order valence-corrected chi connectivity index (χ4v) is 2.79. The molecule has 1 aliphatic rings. The highest BCUT2D eigenvalue weighted by Gasteiger charge is 2.29. The number of rotatable bonds is 3. The zero-order valence-electron chi connectivity index (χ0n) is 11.0. The van der Waals surface area contributed by atoms with Gasteiger partial charge in [-0.25, -0.2) is 4.98 Å². The standard InChI is InChI=1S/C13H24N4/c1-3-17-12(15-10-16-17)9-13(14)7-4-5-11(2)6-8-13/h10-11H,3-9,14H2,1-2H3. The molecule has 1 saturated carbocycles. The van der Waals surface area contributed by atoms with Crippen molar-refractivity contribution in [1.29, 1.82) is 0 Å². The molecule has 1 aliphatic carbocycles. The summed E-state index contributed by atoms with van der Waals surface area (Å²) in [4.78, 5) is 4.35. The molecule has 1 heterocycles. The van der Waals surface area contributed by atoms with Crippen molar-refractivity contribution in [2.45, 2.75) is 64.5 Å². The minimum Gasteiger partial charge on any atom is -0.325 e. The van der Waals surface area contributed by atoms with Crippen LogP contribution < -0.4 is 5.73 Å². The van der Waals surface area contributed by atoms with Crippen LogP contribution in [0.25, 0.3) is 0 Å². The number of hydrogen-bond donors (Lipinski definition) is 1. The molecule has 2 atom stereocenters.